The molecule has 0 aliphatic carbocycles. The first-order valence-electron chi connectivity index (χ1n) is 6.17. The van der Waals surface area contributed by atoms with E-state index in [-0.39, 0.29) is 11.9 Å². The van der Waals surface area contributed by atoms with Crippen molar-refractivity contribution >= 4 is 0 Å². The molecule has 0 bridgehead atoms. The summed E-state index contributed by atoms with van der Waals surface area (Å²) >= 11 is 0. The summed E-state index contributed by atoms with van der Waals surface area (Å²) in [4.78, 5) is 0. The van der Waals surface area contributed by atoms with Gasteiger partial charge in [-0.3, -0.25) is 0 Å². The fourth-order valence-electron chi connectivity index (χ4n) is 1.86. The number of hydrogen-bond donors (Lipinski definition) is 1. The molecule has 0 radical (unpaired) electrons. The van der Waals surface area contributed by atoms with Crippen molar-refractivity contribution in [3.8, 4) is 6.07 Å². The average molecular weight is 254 g/mol. The van der Waals surface area contributed by atoms with Gasteiger partial charge in [-0.2, -0.15) is 5.26 Å². The van der Waals surface area contributed by atoms with Crippen molar-refractivity contribution in [2.45, 2.75) is 19.5 Å². The molecule has 0 saturated carbocycles. The number of hydrogen-bond acceptors (Lipinski definition) is 2. The smallest absolute Gasteiger partial charge is 0.123 e. The van der Waals surface area contributed by atoms with Crippen LogP contribution in [0.2, 0.25) is 0 Å². The van der Waals surface area contributed by atoms with E-state index in [9.17, 15) is 4.39 Å². The molecule has 2 rings (SSSR count). The van der Waals surface area contributed by atoms with Crippen molar-refractivity contribution in [3.05, 3.63) is 71.0 Å². The highest BCUT2D eigenvalue weighted by atomic mass is 19.1. The summed E-state index contributed by atoms with van der Waals surface area (Å²) in [7, 11) is 0. The zero-order valence-electron chi connectivity index (χ0n) is 10.7. The van der Waals surface area contributed by atoms with Gasteiger partial charge in [-0.25, -0.2) is 4.39 Å². The van der Waals surface area contributed by atoms with Crippen molar-refractivity contribution in [1.82, 2.24) is 5.32 Å². The molecule has 2 aromatic carbocycles. The Bertz CT molecular complexity index is 584. The molecule has 1 N–H and O–H groups in total. The van der Waals surface area contributed by atoms with Crippen molar-refractivity contribution < 1.29 is 4.39 Å². The van der Waals surface area contributed by atoms with Crippen LogP contribution >= 0.6 is 0 Å². The molecule has 0 aliphatic rings. The summed E-state index contributed by atoms with van der Waals surface area (Å²) in [6.07, 6.45) is 0. The molecule has 19 heavy (non-hydrogen) atoms. The summed E-state index contributed by atoms with van der Waals surface area (Å²) in [5, 5.41) is 12.1. The minimum Gasteiger partial charge on any atom is -0.306 e. The summed E-state index contributed by atoms with van der Waals surface area (Å²) in [6.45, 7) is 2.68. The van der Waals surface area contributed by atoms with Gasteiger partial charge in [0.05, 0.1) is 11.6 Å². The van der Waals surface area contributed by atoms with Crippen LogP contribution in [0.3, 0.4) is 0 Å². The SMILES string of the molecule is C[C@@H](NCc1ccc(C#N)cc1)c1cccc(F)c1. The normalized spacial score (nSPS) is 11.8. The number of benzene rings is 2. The molecule has 0 amide bonds. The Hall–Kier alpha value is -2.18. The third kappa shape index (κ3) is 3.64. The molecule has 0 unspecified atom stereocenters. The van der Waals surface area contributed by atoms with Crippen molar-refractivity contribution in [2.75, 3.05) is 0 Å². The van der Waals surface area contributed by atoms with Gasteiger partial charge in [0.2, 0.25) is 0 Å². The maximum atomic E-state index is 13.1. The molecule has 0 spiro atoms. The Kier molecular flexibility index (Phi) is 4.27. The van der Waals surface area contributed by atoms with E-state index in [2.05, 4.69) is 11.4 Å². The van der Waals surface area contributed by atoms with Gasteiger partial charge in [-0.1, -0.05) is 24.3 Å². The Labute approximate surface area is 112 Å². The number of nitrogens with one attached hydrogen (secondary N) is 1. The Morgan fingerprint density at radius 3 is 2.58 bits per heavy atom. The molecule has 3 heteroatoms. The van der Waals surface area contributed by atoms with Gasteiger partial charge in [-0.15, -0.1) is 0 Å². The van der Waals surface area contributed by atoms with E-state index >= 15 is 0 Å². The molecular formula is C16H15FN2. The molecule has 0 aliphatic heterocycles. The number of nitrogens with zero attached hydrogens (tertiary/aromatic N) is 1. The van der Waals surface area contributed by atoms with Crippen LogP contribution in [0, 0.1) is 17.1 Å². The van der Waals surface area contributed by atoms with Crippen LogP contribution in [0.4, 0.5) is 4.39 Å². The van der Waals surface area contributed by atoms with E-state index in [1.807, 2.05) is 25.1 Å². The zero-order chi connectivity index (χ0) is 13.7. The minimum atomic E-state index is -0.218. The Morgan fingerprint density at radius 2 is 1.95 bits per heavy atom. The van der Waals surface area contributed by atoms with Crippen LogP contribution in [0.25, 0.3) is 0 Å². The zero-order valence-corrected chi connectivity index (χ0v) is 10.7. The van der Waals surface area contributed by atoms with Crippen LogP contribution in [0.5, 0.6) is 0 Å². The van der Waals surface area contributed by atoms with E-state index in [4.69, 9.17) is 5.26 Å². The van der Waals surface area contributed by atoms with Crippen LogP contribution < -0.4 is 5.32 Å². The molecule has 0 saturated heterocycles. The summed E-state index contributed by atoms with van der Waals surface area (Å²) in [5.74, 6) is -0.218. The van der Waals surface area contributed by atoms with E-state index in [1.165, 1.54) is 12.1 Å². The van der Waals surface area contributed by atoms with Crippen LogP contribution in [-0.2, 0) is 6.54 Å². The largest absolute Gasteiger partial charge is 0.306 e. The maximum absolute atomic E-state index is 13.1. The molecule has 0 aromatic heterocycles. The van der Waals surface area contributed by atoms with Crippen molar-refractivity contribution in [1.29, 1.82) is 5.26 Å². The average Bonchev–Trinajstić information content (AvgIpc) is 2.45. The molecule has 0 fully saturated rings. The first kappa shape index (κ1) is 13.3. The fraction of sp³-hybridized carbons (Fsp3) is 0.188. The van der Waals surface area contributed by atoms with Gasteiger partial charge in [0.1, 0.15) is 5.82 Å². The van der Waals surface area contributed by atoms with Crippen molar-refractivity contribution in [2.24, 2.45) is 0 Å². The maximum Gasteiger partial charge on any atom is 0.123 e. The van der Waals surface area contributed by atoms with E-state index in [1.54, 1.807) is 18.2 Å². The van der Waals surface area contributed by atoms with Crippen LogP contribution in [0.15, 0.2) is 48.5 Å². The highest BCUT2D eigenvalue weighted by Crippen LogP contribution is 2.14. The Balaban J connectivity index is 1.96. The molecule has 1 atom stereocenters. The number of nitriles is 1. The first-order valence-corrected chi connectivity index (χ1v) is 6.17. The van der Waals surface area contributed by atoms with Gasteiger partial charge >= 0.3 is 0 Å². The van der Waals surface area contributed by atoms with Crippen LogP contribution in [0.1, 0.15) is 29.7 Å². The van der Waals surface area contributed by atoms with E-state index in [0.29, 0.717) is 12.1 Å². The monoisotopic (exact) mass is 254 g/mol. The van der Waals surface area contributed by atoms with Gasteiger partial charge < -0.3 is 5.32 Å². The summed E-state index contributed by atoms with van der Waals surface area (Å²) in [5.41, 5.74) is 2.68. The second-order valence-corrected chi connectivity index (χ2v) is 4.47. The number of halogens is 1. The lowest BCUT2D eigenvalue weighted by atomic mass is 10.1. The molecule has 2 nitrogen and oxygen atoms in total. The standard InChI is InChI=1S/C16H15FN2/c1-12(15-3-2-4-16(17)9-15)19-11-14-7-5-13(10-18)6-8-14/h2-9,12,19H,11H2,1H3/t12-/m1/s1. The quantitative estimate of drug-likeness (QED) is 0.905. The second kappa shape index (κ2) is 6.12. The lowest BCUT2D eigenvalue weighted by Gasteiger charge is -2.14. The minimum absolute atomic E-state index is 0.0753. The highest BCUT2D eigenvalue weighted by molar-refractivity contribution is 5.31. The summed E-state index contributed by atoms with van der Waals surface area (Å²) in [6, 6.07) is 16.2. The summed E-state index contributed by atoms with van der Waals surface area (Å²) < 4.78 is 13.1. The predicted molar refractivity (Wildman–Crippen MR) is 72.8 cm³/mol. The van der Waals surface area contributed by atoms with Gasteiger partial charge in [0, 0.05) is 12.6 Å². The second-order valence-electron chi connectivity index (χ2n) is 4.47. The lowest BCUT2D eigenvalue weighted by molar-refractivity contribution is 0.565. The van der Waals surface area contributed by atoms with Crippen LogP contribution in [-0.4, -0.2) is 0 Å². The lowest BCUT2D eigenvalue weighted by Crippen LogP contribution is -2.18. The van der Waals surface area contributed by atoms with Gasteiger partial charge in [0.25, 0.3) is 0 Å². The molecule has 2 aromatic rings. The fourth-order valence-corrected chi connectivity index (χ4v) is 1.86. The van der Waals surface area contributed by atoms with E-state index in [0.717, 1.165) is 11.1 Å². The molecule has 96 valence electrons. The Morgan fingerprint density at radius 1 is 1.21 bits per heavy atom. The van der Waals surface area contributed by atoms with Gasteiger partial charge in [0.15, 0.2) is 0 Å². The third-order valence-corrected chi connectivity index (χ3v) is 3.04. The predicted octanol–water partition coefficient (Wildman–Crippen LogP) is 3.55. The molecule has 0 heterocycles. The first-order chi connectivity index (χ1) is 9.19. The third-order valence-electron chi connectivity index (χ3n) is 3.04. The number of rotatable bonds is 4. The molecular weight excluding hydrogens is 239 g/mol. The highest BCUT2D eigenvalue weighted by Gasteiger charge is 2.05. The van der Waals surface area contributed by atoms with Gasteiger partial charge in [-0.05, 0) is 42.3 Å². The van der Waals surface area contributed by atoms with Crippen molar-refractivity contribution in [3.63, 3.8) is 0 Å². The van der Waals surface area contributed by atoms with E-state index < -0.39 is 0 Å². The topological polar surface area (TPSA) is 35.8 Å².